The van der Waals surface area contributed by atoms with Gasteiger partial charge in [0.25, 0.3) is 0 Å². The average Bonchev–Trinajstić information content (AvgIpc) is 2.33. The number of hydrogen-bond donors (Lipinski definition) is 1. The molecule has 3 nitrogen and oxygen atoms in total. The zero-order valence-corrected chi connectivity index (χ0v) is 11.4. The van der Waals surface area contributed by atoms with E-state index in [0.29, 0.717) is 0 Å². The summed E-state index contributed by atoms with van der Waals surface area (Å²) in [6, 6.07) is 4.23. The highest BCUT2D eigenvalue weighted by Crippen LogP contribution is 2.08. The Labute approximate surface area is 105 Å². The van der Waals surface area contributed by atoms with Crippen LogP contribution < -0.4 is 5.32 Å². The maximum Gasteiger partial charge on any atom is 0.125 e. The minimum atomic E-state index is 0.921. The van der Waals surface area contributed by atoms with Gasteiger partial charge in [0, 0.05) is 19.3 Å². The van der Waals surface area contributed by atoms with Gasteiger partial charge in [-0.3, -0.25) is 4.90 Å². The van der Waals surface area contributed by atoms with Gasteiger partial charge < -0.3 is 5.32 Å². The fraction of sp³-hybridized carbons (Fsp3) is 0.643. The van der Waals surface area contributed by atoms with E-state index in [-0.39, 0.29) is 0 Å². The van der Waals surface area contributed by atoms with Crippen LogP contribution in [0.4, 0.5) is 5.82 Å². The molecular formula is C14H25N3. The smallest absolute Gasteiger partial charge is 0.125 e. The Balaban J connectivity index is 2.53. The summed E-state index contributed by atoms with van der Waals surface area (Å²) in [4.78, 5) is 6.89. The van der Waals surface area contributed by atoms with Gasteiger partial charge in [0.2, 0.25) is 0 Å². The third-order valence-electron chi connectivity index (χ3n) is 2.67. The third kappa shape index (κ3) is 5.18. The van der Waals surface area contributed by atoms with Crippen LogP contribution in [0.3, 0.4) is 0 Å². The normalized spacial score (nSPS) is 10.8. The molecule has 0 aliphatic heterocycles. The molecule has 0 saturated heterocycles. The van der Waals surface area contributed by atoms with Crippen molar-refractivity contribution >= 4 is 5.82 Å². The Hall–Kier alpha value is -1.09. The molecule has 0 spiro atoms. The number of nitrogens with one attached hydrogen (secondary N) is 1. The molecule has 0 atom stereocenters. The molecule has 1 heterocycles. The second kappa shape index (κ2) is 8.07. The highest BCUT2D eigenvalue weighted by Gasteiger charge is 2.04. The van der Waals surface area contributed by atoms with E-state index in [1.165, 1.54) is 31.5 Å². The van der Waals surface area contributed by atoms with Crippen molar-refractivity contribution in [2.45, 2.75) is 40.2 Å². The summed E-state index contributed by atoms with van der Waals surface area (Å²) in [7, 11) is 0. The van der Waals surface area contributed by atoms with Crippen LogP contribution in [-0.2, 0) is 6.54 Å². The van der Waals surface area contributed by atoms with E-state index in [0.717, 1.165) is 18.9 Å². The predicted molar refractivity (Wildman–Crippen MR) is 74.3 cm³/mol. The molecule has 0 unspecified atom stereocenters. The van der Waals surface area contributed by atoms with Gasteiger partial charge in [-0.2, -0.15) is 0 Å². The van der Waals surface area contributed by atoms with E-state index in [4.69, 9.17) is 0 Å². The van der Waals surface area contributed by atoms with E-state index in [1.807, 2.05) is 6.20 Å². The lowest BCUT2D eigenvalue weighted by molar-refractivity contribution is 0.266. The number of rotatable bonds is 8. The molecule has 1 N–H and O–H groups in total. The Morgan fingerprint density at radius 3 is 2.29 bits per heavy atom. The quantitative estimate of drug-likeness (QED) is 0.750. The monoisotopic (exact) mass is 235 g/mol. The first kappa shape index (κ1) is 14.0. The molecule has 0 aliphatic carbocycles. The highest BCUT2D eigenvalue weighted by atomic mass is 15.1. The second-order valence-electron chi connectivity index (χ2n) is 4.36. The minimum Gasteiger partial charge on any atom is -0.370 e. The SMILES string of the molecule is CCCN(CCC)Cc1ccc(NCC)nc1. The highest BCUT2D eigenvalue weighted by molar-refractivity contribution is 5.35. The molecule has 1 rings (SSSR count). The zero-order valence-electron chi connectivity index (χ0n) is 11.4. The van der Waals surface area contributed by atoms with Gasteiger partial charge in [-0.05, 0) is 44.5 Å². The van der Waals surface area contributed by atoms with Crippen molar-refractivity contribution in [2.24, 2.45) is 0 Å². The molecule has 0 amide bonds. The van der Waals surface area contributed by atoms with Crippen molar-refractivity contribution in [3.8, 4) is 0 Å². The Bertz CT molecular complexity index is 289. The van der Waals surface area contributed by atoms with Gasteiger partial charge >= 0.3 is 0 Å². The predicted octanol–water partition coefficient (Wildman–Crippen LogP) is 3.14. The van der Waals surface area contributed by atoms with Crippen LogP contribution in [0.5, 0.6) is 0 Å². The lowest BCUT2D eigenvalue weighted by Gasteiger charge is -2.20. The van der Waals surface area contributed by atoms with Gasteiger partial charge in [0.1, 0.15) is 5.82 Å². The van der Waals surface area contributed by atoms with Crippen molar-refractivity contribution in [1.29, 1.82) is 0 Å². The van der Waals surface area contributed by atoms with Crippen LogP contribution >= 0.6 is 0 Å². The first-order valence-corrected chi connectivity index (χ1v) is 6.71. The molecule has 0 bridgehead atoms. The van der Waals surface area contributed by atoms with Crippen LogP contribution in [0, 0.1) is 0 Å². The zero-order chi connectivity index (χ0) is 12.5. The van der Waals surface area contributed by atoms with Crippen LogP contribution in [0.2, 0.25) is 0 Å². The van der Waals surface area contributed by atoms with Crippen LogP contribution in [0.15, 0.2) is 18.3 Å². The molecular weight excluding hydrogens is 210 g/mol. The van der Waals surface area contributed by atoms with Gasteiger partial charge in [0.05, 0.1) is 0 Å². The lowest BCUT2D eigenvalue weighted by atomic mass is 10.2. The molecule has 96 valence electrons. The molecule has 0 saturated carbocycles. The Morgan fingerprint density at radius 2 is 1.82 bits per heavy atom. The summed E-state index contributed by atoms with van der Waals surface area (Å²) in [5.74, 6) is 0.966. The summed E-state index contributed by atoms with van der Waals surface area (Å²) in [5, 5.41) is 3.21. The lowest BCUT2D eigenvalue weighted by Crippen LogP contribution is -2.24. The molecule has 17 heavy (non-hydrogen) atoms. The first-order chi connectivity index (χ1) is 8.30. The van der Waals surface area contributed by atoms with E-state index in [2.05, 4.69) is 48.1 Å². The molecule has 0 aliphatic rings. The molecule has 3 heteroatoms. The summed E-state index contributed by atoms with van der Waals surface area (Å²) >= 11 is 0. The number of aromatic nitrogens is 1. The Kier molecular flexibility index (Phi) is 6.63. The third-order valence-corrected chi connectivity index (χ3v) is 2.67. The number of hydrogen-bond acceptors (Lipinski definition) is 3. The summed E-state index contributed by atoms with van der Waals surface area (Å²) < 4.78 is 0. The van der Waals surface area contributed by atoms with Crippen molar-refractivity contribution in [2.75, 3.05) is 25.0 Å². The minimum absolute atomic E-state index is 0.921. The maximum absolute atomic E-state index is 4.40. The van der Waals surface area contributed by atoms with Crippen molar-refractivity contribution < 1.29 is 0 Å². The van der Waals surface area contributed by atoms with Crippen LogP contribution in [0.25, 0.3) is 0 Å². The second-order valence-corrected chi connectivity index (χ2v) is 4.36. The van der Waals surface area contributed by atoms with E-state index in [9.17, 15) is 0 Å². The fourth-order valence-corrected chi connectivity index (χ4v) is 1.96. The molecule has 1 aromatic heterocycles. The molecule has 0 aromatic carbocycles. The number of nitrogens with zero attached hydrogens (tertiary/aromatic N) is 2. The molecule has 0 radical (unpaired) electrons. The van der Waals surface area contributed by atoms with Gasteiger partial charge in [-0.1, -0.05) is 19.9 Å². The topological polar surface area (TPSA) is 28.2 Å². The van der Waals surface area contributed by atoms with Gasteiger partial charge in [-0.25, -0.2) is 4.98 Å². The largest absolute Gasteiger partial charge is 0.370 e. The van der Waals surface area contributed by atoms with Gasteiger partial charge in [0.15, 0.2) is 0 Å². The number of anilines is 1. The Morgan fingerprint density at radius 1 is 1.12 bits per heavy atom. The fourth-order valence-electron chi connectivity index (χ4n) is 1.96. The average molecular weight is 235 g/mol. The maximum atomic E-state index is 4.40. The van der Waals surface area contributed by atoms with E-state index < -0.39 is 0 Å². The standard InChI is InChI=1S/C14H25N3/c1-4-9-17(10-5-2)12-13-7-8-14(15-6-3)16-11-13/h7-8,11H,4-6,9-10,12H2,1-3H3,(H,15,16). The molecule has 0 fully saturated rings. The van der Waals surface area contributed by atoms with E-state index in [1.54, 1.807) is 0 Å². The van der Waals surface area contributed by atoms with Crippen LogP contribution in [0.1, 0.15) is 39.2 Å². The first-order valence-electron chi connectivity index (χ1n) is 6.71. The van der Waals surface area contributed by atoms with Crippen LogP contribution in [-0.4, -0.2) is 29.5 Å². The van der Waals surface area contributed by atoms with Crippen molar-refractivity contribution in [3.63, 3.8) is 0 Å². The van der Waals surface area contributed by atoms with E-state index >= 15 is 0 Å². The van der Waals surface area contributed by atoms with Gasteiger partial charge in [-0.15, -0.1) is 0 Å². The van der Waals surface area contributed by atoms with Crippen molar-refractivity contribution in [3.05, 3.63) is 23.9 Å². The summed E-state index contributed by atoms with van der Waals surface area (Å²) in [5.41, 5.74) is 1.30. The summed E-state index contributed by atoms with van der Waals surface area (Å²) in [6.07, 6.45) is 4.40. The molecule has 1 aromatic rings. The van der Waals surface area contributed by atoms with Crippen molar-refractivity contribution in [1.82, 2.24) is 9.88 Å². The number of pyridine rings is 1. The summed E-state index contributed by atoms with van der Waals surface area (Å²) in [6.45, 7) is 10.8.